The number of benzene rings is 2. The van der Waals surface area contributed by atoms with E-state index in [1.807, 2.05) is 31.3 Å². The summed E-state index contributed by atoms with van der Waals surface area (Å²) in [4.78, 5) is 0. The van der Waals surface area contributed by atoms with Crippen LogP contribution in [0.4, 0.5) is 4.39 Å². The minimum Gasteiger partial charge on any atom is -0.496 e. The van der Waals surface area contributed by atoms with Crippen LogP contribution in [0.15, 0.2) is 42.5 Å². The topological polar surface area (TPSA) is 21.3 Å². The van der Waals surface area contributed by atoms with E-state index in [1.165, 1.54) is 12.1 Å². The van der Waals surface area contributed by atoms with Crippen molar-refractivity contribution < 1.29 is 9.13 Å². The van der Waals surface area contributed by atoms with Crippen molar-refractivity contribution in [2.75, 3.05) is 14.2 Å². The van der Waals surface area contributed by atoms with E-state index >= 15 is 0 Å². The average molecular weight is 294 g/mol. The number of hydrogen-bond donors (Lipinski definition) is 1. The van der Waals surface area contributed by atoms with Gasteiger partial charge in [0.05, 0.1) is 7.11 Å². The van der Waals surface area contributed by atoms with Crippen molar-refractivity contribution in [3.05, 3.63) is 64.4 Å². The van der Waals surface area contributed by atoms with Gasteiger partial charge in [-0.2, -0.15) is 0 Å². The zero-order chi connectivity index (χ0) is 14.5. The van der Waals surface area contributed by atoms with E-state index < -0.39 is 0 Å². The molecule has 0 amide bonds. The maximum absolute atomic E-state index is 13.5. The molecule has 2 rings (SSSR count). The first-order valence-electron chi connectivity index (χ1n) is 6.39. The second-order valence-corrected chi connectivity index (χ2v) is 4.93. The molecule has 2 nitrogen and oxygen atoms in total. The molecule has 2 aromatic carbocycles. The third-order valence-corrected chi connectivity index (χ3v) is 3.67. The molecule has 0 heterocycles. The van der Waals surface area contributed by atoms with Gasteiger partial charge in [-0.3, -0.25) is 0 Å². The van der Waals surface area contributed by atoms with E-state index in [1.54, 1.807) is 13.2 Å². The normalized spacial score (nSPS) is 12.2. The lowest BCUT2D eigenvalue weighted by molar-refractivity contribution is 0.399. The quantitative estimate of drug-likeness (QED) is 0.900. The fourth-order valence-electron chi connectivity index (χ4n) is 2.23. The molecule has 1 unspecified atom stereocenters. The Morgan fingerprint density at radius 2 is 2.00 bits per heavy atom. The molecule has 0 aliphatic rings. The SMILES string of the molecule is CNC(Cc1ccccc1Cl)c1cc(F)ccc1OC. The second-order valence-electron chi connectivity index (χ2n) is 4.52. The summed E-state index contributed by atoms with van der Waals surface area (Å²) in [5, 5.41) is 3.90. The van der Waals surface area contributed by atoms with Gasteiger partial charge < -0.3 is 10.1 Å². The van der Waals surface area contributed by atoms with Gasteiger partial charge in [0, 0.05) is 16.6 Å². The minimum atomic E-state index is -0.278. The summed E-state index contributed by atoms with van der Waals surface area (Å²) in [6.07, 6.45) is 0.663. The molecule has 1 atom stereocenters. The van der Waals surface area contributed by atoms with Gasteiger partial charge >= 0.3 is 0 Å². The highest BCUT2D eigenvalue weighted by Crippen LogP contribution is 2.30. The van der Waals surface area contributed by atoms with Crippen molar-refractivity contribution in [2.45, 2.75) is 12.5 Å². The van der Waals surface area contributed by atoms with E-state index in [0.29, 0.717) is 17.2 Å². The van der Waals surface area contributed by atoms with Crippen molar-refractivity contribution in [2.24, 2.45) is 0 Å². The predicted octanol–water partition coefficient (Wildman–Crippen LogP) is 3.99. The second kappa shape index (κ2) is 6.73. The Kier molecular flexibility index (Phi) is 4.99. The maximum atomic E-state index is 13.5. The smallest absolute Gasteiger partial charge is 0.123 e. The van der Waals surface area contributed by atoms with Gasteiger partial charge in [0.1, 0.15) is 11.6 Å². The molecule has 0 aliphatic carbocycles. The van der Waals surface area contributed by atoms with Gasteiger partial charge in [0.2, 0.25) is 0 Å². The first kappa shape index (κ1) is 14.8. The predicted molar refractivity (Wildman–Crippen MR) is 79.9 cm³/mol. The number of halogens is 2. The first-order valence-corrected chi connectivity index (χ1v) is 6.77. The number of nitrogens with one attached hydrogen (secondary N) is 1. The molecule has 0 aliphatic heterocycles. The van der Waals surface area contributed by atoms with Gasteiger partial charge in [-0.25, -0.2) is 4.39 Å². The van der Waals surface area contributed by atoms with E-state index in [0.717, 1.165) is 11.1 Å². The van der Waals surface area contributed by atoms with Crippen LogP contribution in [0, 0.1) is 5.82 Å². The summed E-state index contributed by atoms with van der Waals surface area (Å²) in [7, 11) is 3.42. The summed E-state index contributed by atoms with van der Waals surface area (Å²) >= 11 is 6.18. The van der Waals surface area contributed by atoms with Crippen LogP contribution in [0.1, 0.15) is 17.2 Å². The lowest BCUT2D eigenvalue weighted by Gasteiger charge is -2.20. The molecule has 0 saturated carbocycles. The number of ether oxygens (including phenoxy) is 1. The van der Waals surface area contributed by atoms with Crippen LogP contribution in [0.25, 0.3) is 0 Å². The zero-order valence-corrected chi connectivity index (χ0v) is 12.2. The largest absolute Gasteiger partial charge is 0.496 e. The van der Waals surface area contributed by atoms with E-state index in [-0.39, 0.29) is 11.9 Å². The molecule has 0 aromatic heterocycles. The van der Waals surface area contributed by atoms with Crippen molar-refractivity contribution >= 4 is 11.6 Å². The molecule has 2 aromatic rings. The highest BCUT2D eigenvalue weighted by Gasteiger charge is 2.17. The van der Waals surface area contributed by atoms with Crippen LogP contribution in [0.3, 0.4) is 0 Å². The molecule has 106 valence electrons. The Morgan fingerprint density at radius 3 is 2.65 bits per heavy atom. The van der Waals surface area contributed by atoms with Crippen LogP contribution in [0.2, 0.25) is 5.02 Å². The highest BCUT2D eigenvalue weighted by molar-refractivity contribution is 6.31. The lowest BCUT2D eigenvalue weighted by Crippen LogP contribution is -2.20. The Morgan fingerprint density at radius 1 is 1.25 bits per heavy atom. The highest BCUT2D eigenvalue weighted by atomic mass is 35.5. The molecule has 0 spiro atoms. The van der Waals surface area contributed by atoms with Gasteiger partial charge in [-0.1, -0.05) is 29.8 Å². The Balaban J connectivity index is 2.33. The molecule has 1 N–H and O–H groups in total. The molecular weight excluding hydrogens is 277 g/mol. The third-order valence-electron chi connectivity index (χ3n) is 3.30. The lowest BCUT2D eigenvalue weighted by atomic mass is 9.98. The first-order chi connectivity index (χ1) is 9.65. The summed E-state index contributed by atoms with van der Waals surface area (Å²) in [6.45, 7) is 0. The fraction of sp³-hybridized carbons (Fsp3) is 0.250. The monoisotopic (exact) mass is 293 g/mol. The van der Waals surface area contributed by atoms with Gasteiger partial charge in [0.25, 0.3) is 0 Å². The van der Waals surface area contributed by atoms with Crippen molar-refractivity contribution in [3.8, 4) is 5.75 Å². The molecule has 0 bridgehead atoms. The van der Waals surface area contributed by atoms with Gasteiger partial charge in [-0.15, -0.1) is 0 Å². The number of hydrogen-bond acceptors (Lipinski definition) is 2. The van der Waals surface area contributed by atoms with Crippen molar-refractivity contribution in [1.29, 1.82) is 0 Å². The number of methoxy groups -OCH3 is 1. The summed E-state index contributed by atoms with van der Waals surface area (Å²) in [5.41, 5.74) is 1.80. The standard InChI is InChI=1S/C16H17ClFNO/c1-19-15(9-11-5-3-4-6-14(11)17)13-10-12(18)7-8-16(13)20-2/h3-8,10,15,19H,9H2,1-2H3. The number of rotatable bonds is 5. The molecular formula is C16H17ClFNO. The summed E-state index contributed by atoms with van der Waals surface area (Å²) < 4.78 is 18.8. The van der Waals surface area contributed by atoms with Crippen LogP contribution in [-0.2, 0) is 6.42 Å². The summed E-state index contributed by atoms with van der Waals surface area (Å²) in [5.74, 6) is 0.387. The van der Waals surface area contributed by atoms with E-state index in [2.05, 4.69) is 5.32 Å². The minimum absolute atomic E-state index is 0.0689. The van der Waals surface area contributed by atoms with E-state index in [4.69, 9.17) is 16.3 Å². The van der Waals surface area contributed by atoms with Gasteiger partial charge in [-0.05, 0) is 43.3 Å². The molecule has 0 radical (unpaired) electrons. The zero-order valence-electron chi connectivity index (χ0n) is 11.5. The van der Waals surface area contributed by atoms with Crippen LogP contribution in [-0.4, -0.2) is 14.2 Å². The Bertz CT molecular complexity index is 588. The molecule has 0 fully saturated rings. The van der Waals surface area contributed by atoms with E-state index in [9.17, 15) is 4.39 Å². The molecule has 0 saturated heterocycles. The third kappa shape index (κ3) is 3.30. The molecule has 20 heavy (non-hydrogen) atoms. The average Bonchev–Trinajstić information content (AvgIpc) is 2.46. The maximum Gasteiger partial charge on any atom is 0.123 e. The Hall–Kier alpha value is -1.58. The van der Waals surface area contributed by atoms with Gasteiger partial charge in [0.15, 0.2) is 0 Å². The Labute approximate surface area is 123 Å². The van der Waals surface area contributed by atoms with Crippen molar-refractivity contribution in [1.82, 2.24) is 5.32 Å². The number of likely N-dealkylation sites (N-methyl/N-ethyl adjacent to an activating group) is 1. The van der Waals surface area contributed by atoms with Crippen molar-refractivity contribution in [3.63, 3.8) is 0 Å². The van der Waals surface area contributed by atoms with Crippen LogP contribution >= 0.6 is 11.6 Å². The van der Waals surface area contributed by atoms with Crippen LogP contribution in [0.5, 0.6) is 5.75 Å². The molecule has 4 heteroatoms. The fourth-order valence-corrected chi connectivity index (χ4v) is 2.44. The van der Waals surface area contributed by atoms with Crippen LogP contribution < -0.4 is 10.1 Å². The summed E-state index contributed by atoms with van der Waals surface area (Å²) in [6, 6.07) is 12.1.